The molecule has 2 aromatic heterocycles. The molecule has 0 bridgehead atoms. The number of halogens is 1. The molecule has 0 aliphatic heterocycles. The minimum atomic E-state index is -0.356. The van der Waals surface area contributed by atoms with Crippen LogP contribution in [0.3, 0.4) is 0 Å². The molecule has 4 rings (SSSR count). The standard InChI is InChI=1S/C23H23ClN4O2/c24-10-12-26-23(30)28-20-14-16(9-11-25-20)22-17(13-15-5-2-1-3-6-15)21-18(27-22)7-4-8-19(21)29/h1-3,5-6,9,11,14,27H,4,7-8,10,12-13H2,(H2,25,26,28,30). The largest absolute Gasteiger partial charge is 0.358 e. The third-order valence-corrected chi connectivity index (χ3v) is 5.37. The lowest BCUT2D eigenvalue weighted by Crippen LogP contribution is -2.30. The van der Waals surface area contributed by atoms with E-state index in [1.165, 1.54) is 0 Å². The lowest BCUT2D eigenvalue weighted by molar-refractivity contribution is 0.0971. The van der Waals surface area contributed by atoms with Gasteiger partial charge in [0.15, 0.2) is 5.78 Å². The van der Waals surface area contributed by atoms with Gasteiger partial charge in [-0.1, -0.05) is 30.3 Å². The van der Waals surface area contributed by atoms with E-state index in [9.17, 15) is 9.59 Å². The highest BCUT2D eigenvalue weighted by Gasteiger charge is 2.26. The zero-order valence-corrected chi connectivity index (χ0v) is 17.3. The van der Waals surface area contributed by atoms with Crippen molar-refractivity contribution in [2.24, 2.45) is 0 Å². The number of aromatic nitrogens is 2. The van der Waals surface area contributed by atoms with Crippen molar-refractivity contribution in [1.29, 1.82) is 0 Å². The Labute approximate surface area is 180 Å². The second-order valence-corrected chi connectivity index (χ2v) is 7.65. The first kappa shape index (κ1) is 20.2. The van der Waals surface area contributed by atoms with Crippen LogP contribution in [0.1, 0.15) is 40.0 Å². The van der Waals surface area contributed by atoms with Gasteiger partial charge in [0.1, 0.15) is 5.82 Å². The van der Waals surface area contributed by atoms with Crippen LogP contribution in [0, 0.1) is 0 Å². The van der Waals surface area contributed by atoms with Crippen molar-refractivity contribution < 1.29 is 9.59 Å². The van der Waals surface area contributed by atoms with Crippen molar-refractivity contribution in [3.8, 4) is 11.3 Å². The van der Waals surface area contributed by atoms with E-state index in [1.807, 2.05) is 30.3 Å². The number of H-pyrrole nitrogens is 1. The molecule has 3 N–H and O–H groups in total. The first-order valence-corrected chi connectivity index (χ1v) is 10.6. The number of fused-ring (bicyclic) bond motifs is 1. The fraction of sp³-hybridized carbons (Fsp3) is 0.261. The fourth-order valence-electron chi connectivity index (χ4n) is 3.87. The van der Waals surface area contributed by atoms with Crippen LogP contribution in [0.2, 0.25) is 0 Å². The first-order valence-electron chi connectivity index (χ1n) is 10.0. The predicted octanol–water partition coefficient (Wildman–Crippen LogP) is 4.55. The number of rotatable bonds is 6. The third kappa shape index (κ3) is 4.39. The van der Waals surface area contributed by atoms with E-state index in [-0.39, 0.29) is 11.8 Å². The number of carbonyl (C=O) groups is 2. The van der Waals surface area contributed by atoms with E-state index < -0.39 is 0 Å². The molecule has 7 heteroatoms. The molecule has 0 atom stereocenters. The normalized spacial score (nSPS) is 13.0. The summed E-state index contributed by atoms with van der Waals surface area (Å²) in [7, 11) is 0. The van der Waals surface area contributed by atoms with E-state index in [4.69, 9.17) is 11.6 Å². The van der Waals surface area contributed by atoms with Crippen LogP contribution in [-0.4, -0.2) is 34.2 Å². The Hall–Kier alpha value is -3.12. The molecule has 154 valence electrons. The third-order valence-electron chi connectivity index (χ3n) is 5.18. The van der Waals surface area contributed by atoms with Crippen LogP contribution in [-0.2, 0) is 12.8 Å². The average Bonchev–Trinajstić information content (AvgIpc) is 3.13. The number of aryl methyl sites for hydroxylation is 1. The van der Waals surface area contributed by atoms with Crippen LogP contribution in [0.4, 0.5) is 10.6 Å². The minimum absolute atomic E-state index is 0.192. The lowest BCUT2D eigenvalue weighted by Gasteiger charge is -2.12. The summed E-state index contributed by atoms with van der Waals surface area (Å²) in [5, 5.41) is 5.38. The Morgan fingerprint density at radius 1 is 1.17 bits per heavy atom. The molecule has 0 unspecified atom stereocenters. The molecule has 1 aliphatic rings. The zero-order valence-electron chi connectivity index (χ0n) is 16.5. The number of benzene rings is 1. The number of aromatic amines is 1. The van der Waals surface area contributed by atoms with Gasteiger partial charge in [-0.2, -0.15) is 0 Å². The van der Waals surface area contributed by atoms with Gasteiger partial charge in [0.05, 0.1) is 5.69 Å². The Morgan fingerprint density at radius 3 is 2.80 bits per heavy atom. The Kier molecular flexibility index (Phi) is 6.14. The predicted molar refractivity (Wildman–Crippen MR) is 118 cm³/mol. The van der Waals surface area contributed by atoms with Crippen LogP contribution in [0.25, 0.3) is 11.3 Å². The molecule has 1 aliphatic carbocycles. The maximum Gasteiger partial charge on any atom is 0.320 e. The van der Waals surface area contributed by atoms with E-state index >= 15 is 0 Å². The number of ketones is 1. The summed E-state index contributed by atoms with van der Waals surface area (Å²) in [5.74, 6) is 0.966. The van der Waals surface area contributed by atoms with Crippen molar-refractivity contribution in [3.63, 3.8) is 0 Å². The molecule has 3 aromatic rings. The minimum Gasteiger partial charge on any atom is -0.358 e. The summed E-state index contributed by atoms with van der Waals surface area (Å²) in [5.41, 5.74) is 5.76. The van der Waals surface area contributed by atoms with Gasteiger partial charge in [-0.05, 0) is 36.1 Å². The molecule has 0 saturated carbocycles. The maximum absolute atomic E-state index is 12.7. The Morgan fingerprint density at radius 2 is 2.00 bits per heavy atom. The summed E-state index contributed by atoms with van der Waals surface area (Å²) in [6.45, 7) is 0.375. The number of hydrogen-bond donors (Lipinski definition) is 3. The quantitative estimate of drug-likeness (QED) is 0.509. The van der Waals surface area contributed by atoms with E-state index in [0.29, 0.717) is 31.1 Å². The first-order chi connectivity index (χ1) is 14.7. The van der Waals surface area contributed by atoms with Crippen molar-refractivity contribution in [2.45, 2.75) is 25.7 Å². The van der Waals surface area contributed by atoms with Gasteiger partial charge < -0.3 is 10.3 Å². The number of nitrogens with one attached hydrogen (secondary N) is 3. The molecular formula is C23H23ClN4O2. The van der Waals surface area contributed by atoms with Gasteiger partial charge in [0.2, 0.25) is 0 Å². The molecule has 6 nitrogen and oxygen atoms in total. The number of Topliss-reactive ketones (excluding diaryl/α,β-unsaturated/α-hetero) is 1. The van der Waals surface area contributed by atoms with Gasteiger partial charge in [0, 0.05) is 48.3 Å². The summed E-state index contributed by atoms with van der Waals surface area (Å²) in [6.07, 6.45) is 4.62. The van der Waals surface area contributed by atoms with Gasteiger partial charge in [-0.25, -0.2) is 9.78 Å². The van der Waals surface area contributed by atoms with Gasteiger partial charge in [0.25, 0.3) is 0 Å². The van der Waals surface area contributed by atoms with Crippen molar-refractivity contribution >= 4 is 29.2 Å². The average molecular weight is 423 g/mol. The van der Waals surface area contributed by atoms with Crippen LogP contribution in [0.5, 0.6) is 0 Å². The number of alkyl halides is 1. The molecule has 0 radical (unpaired) electrons. The van der Waals surface area contributed by atoms with Crippen LogP contribution in [0.15, 0.2) is 48.7 Å². The monoisotopic (exact) mass is 422 g/mol. The zero-order chi connectivity index (χ0) is 20.9. The molecule has 30 heavy (non-hydrogen) atoms. The van der Waals surface area contributed by atoms with Crippen molar-refractivity contribution in [3.05, 3.63) is 71.0 Å². The second kappa shape index (κ2) is 9.13. The smallest absolute Gasteiger partial charge is 0.320 e. The van der Waals surface area contributed by atoms with Crippen molar-refractivity contribution in [2.75, 3.05) is 17.7 Å². The molecular weight excluding hydrogens is 400 g/mol. The number of pyridine rings is 1. The highest BCUT2D eigenvalue weighted by molar-refractivity contribution is 6.18. The summed E-state index contributed by atoms with van der Waals surface area (Å²) >= 11 is 5.61. The van der Waals surface area contributed by atoms with Gasteiger partial charge in [-0.3, -0.25) is 10.1 Å². The number of anilines is 1. The Balaban J connectivity index is 1.71. The number of nitrogens with zero attached hydrogens (tertiary/aromatic N) is 1. The fourth-order valence-corrected chi connectivity index (χ4v) is 3.96. The second-order valence-electron chi connectivity index (χ2n) is 7.27. The summed E-state index contributed by atoms with van der Waals surface area (Å²) < 4.78 is 0. The van der Waals surface area contributed by atoms with E-state index in [2.05, 4.69) is 32.7 Å². The lowest BCUT2D eigenvalue weighted by atomic mass is 9.90. The number of urea groups is 1. The molecule has 0 saturated heterocycles. The van der Waals surface area contributed by atoms with E-state index in [1.54, 1.807) is 6.20 Å². The van der Waals surface area contributed by atoms with Gasteiger partial charge >= 0.3 is 6.03 Å². The maximum atomic E-state index is 12.7. The number of amides is 2. The molecule has 0 fully saturated rings. The van der Waals surface area contributed by atoms with Crippen LogP contribution >= 0.6 is 11.6 Å². The number of hydrogen-bond acceptors (Lipinski definition) is 3. The van der Waals surface area contributed by atoms with E-state index in [0.717, 1.165) is 46.5 Å². The molecule has 2 amide bonds. The summed E-state index contributed by atoms with van der Waals surface area (Å²) in [4.78, 5) is 32.4. The number of carbonyl (C=O) groups excluding carboxylic acids is 2. The highest BCUT2D eigenvalue weighted by atomic mass is 35.5. The SMILES string of the molecule is O=C(NCCCl)Nc1cc(-c2[nH]c3c(c2Cc2ccccc2)C(=O)CCC3)ccn1. The topological polar surface area (TPSA) is 86.9 Å². The highest BCUT2D eigenvalue weighted by Crippen LogP contribution is 2.35. The molecule has 1 aromatic carbocycles. The molecule has 0 spiro atoms. The molecule has 2 heterocycles. The van der Waals surface area contributed by atoms with Crippen molar-refractivity contribution in [1.82, 2.24) is 15.3 Å². The van der Waals surface area contributed by atoms with Gasteiger partial charge in [-0.15, -0.1) is 11.6 Å². The summed E-state index contributed by atoms with van der Waals surface area (Å²) in [6, 6.07) is 13.5. The van der Waals surface area contributed by atoms with Crippen LogP contribution < -0.4 is 10.6 Å². The Bertz CT molecular complexity index is 1060.